The molecule has 2 aromatic carbocycles. The molecule has 4 heteroatoms. The van der Waals surface area contributed by atoms with E-state index in [1.165, 1.54) is 0 Å². The second-order valence-electron chi connectivity index (χ2n) is 5.22. The number of nitrogens with zero attached hydrogens (tertiary/aromatic N) is 1. The van der Waals surface area contributed by atoms with E-state index in [2.05, 4.69) is 0 Å². The summed E-state index contributed by atoms with van der Waals surface area (Å²) in [7, 11) is 0. The van der Waals surface area contributed by atoms with Crippen LogP contribution in [0.2, 0.25) is 0 Å². The molecule has 0 spiro atoms. The largest absolute Gasteiger partial charge is 0.493 e. The molecule has 1 saturated heterocycles. The van der Waals surface area contributed by atoms with E-state index in [0.29, 0.717) is 26.3 Å². The predicted molar refractivity (Wildman–Crippen MR) is 83.4 cm³/mol. The van der Waals surface area contributed by atoms with Crippen molar-refractivity contribution < 1.29 is 14.3 Å². The molecule has 1 heterocycles. The van der Waals surface area contributed by atoms with Crippen LogP contribution < -0.4 is 4.74 Å². The highest BCUT2D eigenvalue weighted by Gasteiger charge is 2.27. The highest BCUT2D eigenvalue weighted by molar-refractivity contribution is 5.76. The van der Waals surface area contributed by atoms with Gasteiger partial charge < -0.3 is 14.4 Å². The minimum atomic E-state index is -0.0276. The summed E-state index contributed by atoms with van der Waals surface area (Å²) in [4.78, 5) is 13.9. The summed E-state index contributed by atoms with van der Waals surface area (Å²) in [6.45, 7) is 1.34. The van der Waals surface area contributed by atoms with E-state index in [4.69, 9.17) is 9.47 Å². The Morgan fingerprint density at radius 3 is 2.50 bits per heavy atom. The van der Waals surface area contributed by atoms with Gasteiger partial charge in [-0.3, -0.25) is 4.79 Å². The normalized spacial score (nSPS) is 17.5. The second kappa shape index (κ2) is 7.09. The van der Waals surface area contributed by atoms with Crippen molar-refractivity contribution in [2.45, 2.75) is 12.5 Å². The molecule has 1 fully saturated rings. The maximum absolute atomic E-state index is 12.2. The standard InChI is InChI=1S/C18H19NO3/c20-18(11-12-21-16-9-5-2-6-10-16)19-13-17(22-14-19)15-7-3-1-4-8-15/h1-10,17H,11-14H2. The van der Waals surface area contributed by atoms with Crippen molar-refractivity contribution in [2.24, 2.45) is 0 Å². The molecule has 0 radical (unpaired) electrons. The molecule has 1 unspecified atom stereocenters. The first-order valence-corrected chi connectivity index (χ1v) is 7.45. The molecule has 4 nitrogen and oxygen atoms in total. The molecular formula is C18H19NO3. The molecule has 0 aromatic heterocycles. The van der Waals surface area contributed by atoms with E-state index in [1.54, 1.807) is 4.90 Å². The van der Waals surface area contributed by atoms with Gasteiger partial charge in [-0.05, 0) is 17.7 Å². The van der Waals surface area contributed by atoms with Gasteiger partial charge in [0.2, 0.25) is 5.91 Å². The van der Waals surface area contributed by atoms with Gasteiger partial charge in [-0.25, -0.2) is 0 Å². The number of ether oxygens (including phenoxy) is 2. The fourth-order valence-corrected chi connectivity index (χ4v) is 2.46. The number of carbonyl (C=O) groups excluding carboxylic acids is 1. The molecule has 1 aliphatic rings. The van der Waals surface area contributed by atoms with E-state index in [-0.39, 0.29) is 12.0 Å². The summed E-state index contributed by atoms with van der Waals surface area (Å²) in [5.41, 5.74) is 1.11. The summed E-state index contributed by atoms with van der Waals surface area (Å²) in [6.07, 6.45) is 0.333. The van der Waals surface area contributed by atoms with Gasteiger partial charge in [0.1, 0.15) is 18.6 Å². The average molecular weight is 297 g/mol. The SMILES string of the molecule is O=C(CCOc1ccccc1)N1COC(c2ccccc2)C1. The van der Waals surface area contributed by atoms with E-state index >= 15 is 0 Å². The van der Waals surface area contributed by atoms with Crippen molar-refractivity contribution >= 4 is 5.91 Å². The molecule has 114 valence electrons. The van der Waals surface area contributed by atoms with Gasteiger partial charge in [0.25, 0.3) is 0 Å². The third-order valence-corrected chi connectivity index (χ3v) is 3.67. The Morgan fingerprint density at radius 1 is 1.09 bits per heavy atom. The summed E-state index contributed by atoms with van der Waals surface area (Å²) in [6, 6.07) is 19.5. The van der Waals surface area contributed by atoms with Gasteiger partial charge in [0.15, 0.2) is 0 Å². The highest BCUT2D eigenvalue weighted by atomic mass is 16.5. The molecule has 0 N–H and O–H groups in total. The van der Waals surface area contributed by atoms with Crippen LogP contribution in [0.25, 0.3) is 0 Å². The summed E-state index contributed by atoms with van der Waals surface area (Å²) < 4.78 is 11.3. The predicted octanol–water partition coefficient (Wildman–Crippen LogP) is 3.01. The van der Waals surface area contributed by atoms with E-state index < -0.39 is 0 Å². The van der Waals surface area contributed by atoms with E-state index in [0.717, 1.165) is 11.3 Å². The molecule has 3 rings (SSSR count). The van der Waals surface area contributed by atoms with Gasteiger partial charge in [-0.2, -0.15) is 0 Å². The van der Waals surface area contributed by atoms with Crippen LogP contribution in [-0.2, 0) is 9.53 Å². The van der Waals surface area contributed by atoms with Gasteiger partial charge in [-0.15, -0.1) is 0 Å². The number of para-hydroxylation sites is 1. The average Bonchev–Trinajstić information content (AvgIpc) is 3.07. The van der Waals surface area contributed by atoms with Crippen LogP contribution in [0.3, 0.4) is 0 Å². The van der Waals surface area contributed by atoms with Crippen molar-refractivity contribution in [3.05, 3.63) is 66.2 Å². The molecular weight excluding hydrogens is 278 g/mol. The van der Waals surface area contributed by atoms with Crippen molar-refractivity contribution in [3.63, 3.8) is 0 Å². The number of amides is 1. The minimum Gasteiger partial charge on any atom is -0.493 e. The van der Waals surface area contributed by atoms with Crippen molar-refractivity contribution in [3.8, 4) is 5.75 Å². The van der Waals surface area contributed by atoms with Crippen LogP contribution in [-0.4, -0.2) is 30.7 Å². The molecule has 22 heavy (non-hydrogen) atoms. The van der Waals surface area contributed by atoms with Crippen molar-refractivity contribution in [1.82, 2.24) is 4.90 Å². The zero-order valence-electron chi connectivity index (χ0n) is 12.4. The fourth-order valence-electron chi connectivity index (χ4n) is 2.46. The van der Waals surface area contributed by atoms with Gasteiger partial charge >= 0.3 is 0 Å². The first-order chi connectivity index (χ1) is 10.8. The molecule has 1 aliphatic heterocycles. The van der Waals surface area contributed by atoms with Crippen LogP contribution >= 0.6 is 0 Å². The zero-order chi connectivity index (χ0) is 15.2. The van der Waals surface area contributed by atoms with Gasteiger partial charge in [0.05, 0.1) is 19.6 Å². The number of carbonyl (C=O) groups is 1. The Labute approximate surface area is 130 Å². The minimum absolute atomic E-state index is 0.0276. The summed E-state index contributed by atoms with van der Waals surface area (Å²) in [5, 5.41) is 0. The molecule has 0 bridgehead atoms. The lowest BCUT2D eigenvalue weighted by molar-refractivity contribution is -0.132. The van der Waals surface area contributed by atoms with Crippen molar-refractivity contribution in [2.75, 3.05) is 19.9 Å². The first kappa shape index (κ1) is 14.6. The molecule has 0 aliphatic carbocycles. The zero-order valence-corrected chi connectivity index (χ0v) is 12.4. The maximum Gasteiger partial charge on any atom is 0.227 e. The van der Waals surface area contributed by atoms with Crippen LogP contribution in [0.15, 0.2) is 60.7 Å². The van der Waals surface area contributed by atoms with Crippen LogP contribution in [0.5, 0.6) is 5.75 Å². The number of hydrogen-bond donors (Lipinski definition) is 0. The van der Waals surface area contributed by atoms with E-state index in [1.807, 2.05) is 60.7 Å². The third kappa shape index (κ3) is 3.65. The lowest BCUT2D eigenvalue weighted by atomic mass is 10.1. The summed E-state index contributed by atoms with van der Waals surface area (Å²) >= 11 is 0. The monoisotopic (exact) mass is 297 g/mol. The Kier molecular flexibility index (Phi) is 4.71. The Bertz CT molecular complexity index is 600. The van der Waals surface area contributed by atoms with Crippen LogP contribution in [0, 0.1) is 0 Å². The molecule has 2 aromatic rings. The second-order valence-corrected chi connectivity index (χ2v) is 5.22. The fraction of sp³-hybridized carbons (Fsp3) is 0.278. The van der Waals surface area contributed by atoms with E-state index in [9.17, 15) is 4.79 Å². The Hall–Kier alpha value is -2.33. The number of benzene rings is 2. The highest BCUT2D eigenvalue weighted by Crippen LogP contribution is 2.24. The van der Waals surface area contributed by atoms with Gasteiger partial charge in [-0.1, -0.05) is 48.5 Å². The quantitative estimate of drug-likeness (QED) is 0.851. The Balaban J connectivity index is 1.46. The van der Waals surface area contributed by atoms with Crippen LogP contribution in [0.1, 0.15) is 18.1 Å². The molecule has 0 saturated carbocycles. The van der Waals surface area contributed by atoms with Crippen molar-refractivity contribution in [1.29, 1.82) is 0 Å². The first-order valence-electron chi connectivity index (χ1n) is 7.45. The molecule has 1 atom stereocenters. The maximum atomic E-state index is 12.2. The van der Waals surface area contributed by atoms with Gasteiger partial charge in [0, 0.05) is 0 Å². The Morgan fingerprint density at radius 2 is 1.77 bits per heavy atom. The lowest BCUT2D eigenvalue weighted by Gasteiger charge is -2.14. The smallest absolute Gasteiger partial charge is 0.227 e. The third-order valence-electron chi connectivity index (χ3n) is 3.67. The van der Waals surface area contributed by atoms with Crippen LogP contribution in [0.4, 0.5) is 0 Å². The molecule has 1 amide bonds. The topological polar surface area (TPSA) is 38.8 Å². The number of hydrogen-bond acceptors (Lipinski definition) is 3. The summed E-state index contributed by atoms with van der Waals surface area (Å²) in [5.74, 6) is 0.851. The number of rotatable bonds is 5. The lowest BCUT2D eigenvalue weighted by Crippen LogP contribution is -2.29.